The summed E-state index contributed by atoms with van der Waals surface area (Å²) in [5.74, 6) is 1.90. The second kappa shape index (κ2) is 4.29. The Balaban J connectivity index is 2.33. The predicted molar refractivity (Wildman–Crippen MR) is 80.7 cm³/mol. The summed E-state index contributed by atoms with van der Waals surface area (Å²) in [7, 11) is 0. The molecule has 1 saturated heterocycles. The molecule has 0 atom stereocenters. The molecule has 0 saturated carbocycles. The van der Waals surface area contributed by atoms with E-state index in [1.54, 1.807) is 0 Å². The molecule has 1 aliphatic heterocycles. The highest BCUT2D eigenvalue weighted by Gasteiger charge is 2.34. The van der Waals surface area contributed by atoms with Gasteiger partial charge in [-0.2, -0.15) is 0 Å². The standard InChI is InChI=1S/C17H25NO/c1-11(14-10-17(6,7)12(2)19-14)13-8-9-15(18-13)16(3,4)5/h8-9,18H,2,10H2,1,3-7H3/b14-11+. The molecule has 1 aliphatic rings. The molecule has 2 rings (SSSR count). The van der Waals surface area contributed by atoms with Gasteiger partial charge in [0, 0.05) is 34.2 Å². The normalized spacial score (nSPS) is 21.5. The summed E-state index contributed by atoms with van der Waals surface area (Å²) in [6.07, 6.45) is 0.918. The van der Waals surface area contributed by atoms with Crippen molar-refractivity contribution in [3.05, 3.63) is 41.6 Å². The number of hydrogen-bond acceptors (Lipinski definition) is 1. The van der Waals surface area contributed by atoms with Gasteiger partial charge in [0.1, 0.15) is 11.5 Å². The highest BCUT2D eigenvalue weighted by atomic mass is 16.5. The van der Waals surface area contributed by atoms with Crippen molar-refractivity contribution in [1.29, 1.82) is 0 Å². The molecule has 2 heteroatoms. The molecule has 19 heavy (non-hydrogen) atoms. The van der Waals surface area contributed by atoms with Crippen molar-refractivity contribution in [3.8, 4) is 0 Å². The molecule has 1 N–H and O–H groups in total. The van der Waals surface area contributed by atoms with E-state index in [0.717, 1.165) is 23.6 Å². The quantitative estimate of drug-likeness (QED) is 0.754. The molecule has 0 aromatic carbocycles. The van der Waals surface area contributed by atoms with Crippen LogP contribution >= 0.6 is 0 Å². The number of aromatic nitrogens is 1. The Morgan fingerprint density at radius 3 is 2.37 bits per heavy atom. The van der Waals surface area contributed by atoms with Crippen LogP contribution in [-0.2, 0) is 10.2 Å². The molecule has 0 bridgehead atoms. The summed E-state index contributed by atoms with van der Waals surface area (Å²) in [6.45, 7) is 17.1. The maximum atomic E-state index is 5.85. The Morgan fingerprint density at radius 1 is 1.32 bits per heavy atom. The van der Waals surface area contributed by atoms with Gasteiger partial charge in [-0.15, -0.1) is 0 Å². The smallest absolute Gasteiger partial charge is 0.110 e. The fraction of sp³-hybridized carbons (Fsp3) is 0.529. The van der Waals surface area contributed by atoms with Crippen LogP contribution in [0.4, 0.5) is 0 Å². The van der Waals surface area contributed by atoms with Crippen LogP contribution in [0.5, 0.6) is 0 Å². The topological polar surface area (TPSA) is 25.0 Å². The molecule has 1 aromatic heterocycles. The lowest BCUT2D eigenvalue weighted by Gasteiger charge is -2.16. The molecule has 1 fully saturated rings. The van der Waals surface area contributed by atoms with Gasteiger partial charge in [0.05, 0.1) is 0 Å². The molecular formula is C17H25NO. The number of ether oxygens (including phenoxy) is 1. The third-order valence-corrected chi connectivity index (χ3v) is 3.92. The summed E-state index contributed by atoms with van der Waals surface area (Å²) in [5.41, 5.74) is 3.75. The summed E-state index contributed by atoms with van der Waals surface area (Å²) < 4.78 is 5.85. The fourth-order valence-electron chi connectivity index (χ4n) is 2.23. The number of H-pyrrole nitrogens is 1. The van der Waals surface area contributed by atoms with Crippen molar-refractivity contribution in [3.63, 3.8) is 0 Å². The van der Waals surface area contributed by atoms with Gasteiger partial charge in [-0.1, -0.05) is 41.2 Å². The van der Waals surface area contributed by atoms with Crippen molar-refractivity contribution in [2.45, 2.75) is 53.4 Å². The lowest BCUT2D eigenvalue weighted by Crippen LogP contribution is -2.11. The summed E-state index contributed by atoms with van der Waals surface area (Å²) in [6, 6.07) is 4.30. The molecule has 0 aliphatic carbocycles. The maximum absolute atomic E-state index is 5.85. The van der Waals surface area contributed by atoms with Crippen molar-refractivity contribution < 1.29 is 4.74 Å². The third kappa shape index (κ3) is 2.63. The second-order valence-corrected chi connectivity index (χ2v) is 7.17. The van der Waals surface area contributed by atoms with Gasteiger partial charge in [-0.3, -0.25) is 0 Å². The zero-order chi connectivity index (χ0) is 14.4. The van der Waals surface area contributed by atoms with E-state index in [1.807, 2.05) is 0 Å². The van der Waals surface area contributed by atoms with Crippen LogP contribution in [0.15, 0.2) is 30.2 Å². The van der Waals surface area contributed by atoms with Gasteiger partial charge in [-0.05, 0) is 19.1 Å². The molecule has 0 radical (unpaired) electrons. The highest BCUT2D eigenvalue weighted by Crippen LogP contribution is 2.44. The molecule has 0 unspecified atom stereocenters. The van der Waals surface area contributed by atoms with E-state index in [0.29, 0.717) is 0 Å². The van der Waals surface area contributed by atoms with Gasteiger partial charge in [0.2, 0.25) is 0 Å². The van der Waals surface area contributed by atoms with Crippen LogP contribution in [0.3, 0.4) is 0 Å². The highest BCUT2D eigenvalue weighted by molar-refractivity contribution is 5.64. The Bertz CT molecular complexity index is 538. The van der Waals surface area contributed by atoms with E-state index in [4.69, 9.17) is 4.74 Å². The van der Waals surface area contributed by atoms with Gasteiger partial charge in [0.25, 0.3) is 0 Å². The summed E-state index contributed by atoms with van der Waals surface area (Å²) >= 11 is 0. The van der Waals surface area contributed by atoms with Gasteiger partial charge in [0.15, 0.2) is 0 Å². The number of hydrogen-bond donors (Lipinski definition) is 1. The number of nitrogens with one attached hydrogen (secondary N) is 1. The van der Waals surface area contributed by atoms with Gasteiger partial charge in [-0.25, -0.2) is 0 Å². The SMILES string of the molecule is C=C1O/C(=C(\C)c2ccc(C(C)(C)C)[nH]2)CC1(C)C. The minimum absolute atomic E-state index is 0.0377. The van der Waals surface area contributed by atoms with Crippen molar-refractivity contribution in [1.82, 2.24) is 4.98 Å². The molecule has 104 valence electrons. The van der Waals surface area contributed by atoms with E-state index in [1.165, 1.54) is 11.3 Å². The van der Waals surface area contributed by atoms with Crippen LogP contribution in [0.25, 0.3) is 5.57 Å². The number of allylic oxidation sites excluding steroid dienone is 3. The molecule has 2 nitrogen and oxygen atoms in total. The van der Waals surface area contributed by atoms with Crippen LogP contribution in [0.1, 0.15) is 59.4 Å². The predicted octanol–water partition coefficient (Wildman–Crippen LogP) is 5.00. The first-order valence-corrected chi connectivity index (χ1v) is 6.88. The third-order valence-electron chi connectivity index (χ3n) is 3.92. The zero-order valence-corrected chi connectivity index (χ0v) is 13.0. The first-order chi connectivity index (χ1) is 8.61. The Morgan fingerprint density at radius 2 is 1.95 bits per heavy atom. The zero-order valence-electron chi connectivity index (χ0n) is 13.0. The Kier molecular flexibility index (Phi) is 3.16. The molecule has 0 amide bonds. The van der Waals surface area contributed by atoms with E-state index < -0.39 is 0 Å². The first kappa shape index (κ1) is 14.0. The average Bonchev–Trinajstić information content (AvgIpc) is 2.83. The van der Waals surface area contributed by atoms with Crippen LogP contribution in [0.2, 0.25) is 0 Å². The van der Waals surface area contributed by atoms with Gasteiger partial charge >= 0.3 is 0 Å². The lowest BCUT2D eigenvalue weighted by atomic mass is 9.88. The second-order valence-electron chi connectivity index (χ2n) is 7.17. The first-order valence-electron chi connectivity index (χ1n) is 6.88. The monoisotopic (exact) mass is 259 g/mol. The molecule has 2 heterocycles. The lowest BCUT2D eigenvalue weighted by molar-refractivity contribution is 0.307. The Labute approximate surface area is 116 Å². The number of rotatable bonds is 1. The van der Waals surface area contributed by atoms with Crippen LogP contribution in [-0.4, -0.2) is 4.98 Å². The summed E-state index contributed by atoms with van der Waals surface area (Å²) in [4.78, 5) is 3.50. The van der Waals surface area contributed by atoms with Gasteiger partial charge < -0.3 is 9.72 Å². The summed E-state index contributed by atoms with van der Waals surface area (Å²) in [5, 5.41) is 0. The van der Waals surface area contributed by atoms with E-state index in [-0.39, 0.29) is 10.8 Å². The van der Waals surface area contributed by atoms with E-state index in [2.05, 4.69) is 65.2 Å². The molecular weight excluding hydrogens is 234 g/mol. The average molecular weight is 259 g/mol. The van der Waals surface area contributed by atoms with Crippen LogP contribution < -0.4 is 0 Å². The largest absolute Gasteiger partial charge is 0.466 e. The number of aromatic amines is 1. The minimum Gasteiger partial charge on any atom is -0.466 e. The van der Waals surface area contributed by atoms with E-state index >= 15 is 0 Å². The Hall–Kier alpha value is -1.44. The molecule has 0 spiro atoms. The van der Waals surface area contributed by atoms with Crippen LogP contribution in [0, 0.1) is 5.41 Å². The van der Waals surface area contributed by atoms with Crippen molar-refractivity contribution >= 4 is 5.57 Å². The fourth-order valence-corrected chi connectivity index (χ4v) is 2.23. The van der Waals surface area contributed by atoms with Crippen molar-refractivity contribution in [2.75, 3.05) is 0 Å². The van der Waals surface area contributed by atoms with Crippen molar-refractivity contribution in [2.24, 2.45) is 5.41 Å². The maximum Gasteiger partial charge on any atom is 0.110 e. The molecule has 1 aromatic rings. The van der Waals surface area contributed by atoms with E-state index in [9.17, 15) is 0 Å². The minimum atomic E-state index is 0.0377.